The van der Waals surface area contributed by atoms with Crippen molar-refractivity contribution in [2.75, 3.05) is 5.75 Å². The zero-order valence-electron chi connectivity index (χ0n) is 14.3. The van der Waals surface area contributed by atoms with Gasteiger partial charge in [0, 0.05) is 16.1 Å². The molecule has 0 bridgehead atoms. The van der Waals surface area contributed by atoms with Crippen LogP contribution in [0, 0.1) is 23.3 Å². The maximum absolute atomic E-state index is 13.8. The number of hydrogen-bond acceptors (Lipinski definition) is 3. The molecular formula is C18H14BrF4N3S. The molecule has 3 aromatic rings. The highest BCUT2D eigenvalue weighted by molar-refractivity contribution is 9.10. The number of nitrogens with zero attached hydrogens (tertiary/aromatic N) is 3. The summed E-state index contributed by atoms with van der Waals surface area (Å²) in [5.41, 5.74) is 0.303. The third-order valence-electron chi connectivity index (χ3n) is 3.75. The van der Waals surface area contributed by atoms with E-state index in [1.807, 2.05) is 13.8 Å². The molecule has 0 fully saturated rings. The van der Waals surface area contributed by atoms with Crippen molar-refractivity contribution in [2.45, 2.75) is 19.1 Å². The first-order valence-corrected chi connectivity index (χ1v) is 9.84. The van der Waals surface area contributed by atoms with Gasteiger partial charge in [-0.25, -0.2) is 27.2 Å². The van der Waals surface area contributed by atoms with E-state index >= 15 is 0 Å². The molecule has 3 rings (SSSR count). The van der Waals surface area contributed by atoms with Gasteiger partial charge in [-0.1, -0.05) is 6.92 Å². The second-order valence-electron chi connectivity index (χ2n) is 5.68. The van der Waals surface area contributed by atoms with E-state index in [9.17, 15) is 17.6 Å². The van der Waals surface area contributed by atoms with Crippen LogP contribution in [0.15, 0.2) is 34.8 Å². The van der Waals surface area contributed by atoms with Crippen molar-refractivity contribution >= 4 is 27.7 Å². The molecule has 142 valence electrons. The van der Waals surface area contributed by atoms with Gasteiger partial charge in [-0.3, -0.25) is 0 Å². The lowest BCUT2D eigenvalue weighted by atomic mass is 10.2. The number of aromatic nitrogens is 3. The molecule has 2 aromatic carbocycles. The third-order valence-corrected chi connectivity index (χ3v) is 5.45. The average molecular weight is 460 g/mol. The summed E-state index contributed by atoms with van der Waals surface area (Å²) in [4.78, 5) is 4.43. The largest absolute Gasteiger partial charge is 0.213 e. The predicted octanol–water partition coefficient (Wildman–Crippen LogP) is 6.07. The summed E-state index contributed by atoms with van der Waals surface area (Å²) < 4.78 is 56.2. The Kier molecular flexibility index (Phi) is 5.90. The van der Waals surface area contributed by atoms with E-state index in [2.05, 4.69) is 26.0 Å². The van der Waals surface area contributed by atoms with Crippen molar-refractivity contribution in [3.63, 3.8) is 0 Å². The van der Waals surface area contributed by atoms with Crippen LogP contribution < -0.4 is 0 Å². The zero-order valence-corrected chi connectivity index (χ0v) is 16.7. The standard InChI is InChI=1S/C18H14BrF4N3S/c1-3-27-9(2)17-24-18(13-7-15(22)16(23)8-14(13)19)26(25-17)12-5-10(20)4-11(21)6-12/h4-9H,3H2,1-2H3. The van der Waals surface area contributed by atoms with Crippen LogP contribution in [0.3, 0.4) is 0 Å². The Morgan fingerprint density at radius 2 is 1.67 bits per heavy atom. The number of rotatable bonds is 5. The van der Waals surface area contributed by atoms with Crippen LogP contribution in [0.4, 0.5) is 17.6 Å². The summed E-state index contributed by atoms with van der Waals surface area (Å²) in [5, 5.41) is 4.27. The predicted molar refractivity (Wildman–Crippen MR) is 101 cm³/mol. The smallest absolute Gasteiger partial charge is 0.164 e. The SMILES string of the molecule is CCSC(C)c1nc(-c2cc(F)c(F)cc2Br)n(-c2cc(F)cc(F)c2)n1. The monoisotopic (exact) mass is 459 g/mol. The molecular weight excluding hydrogens is 446 g/mol. The summed E-state index contributed by atoms with van der Waals surface area (Å²) in [6.07, 6.45) is 0. The molecule has 0 aliphatic heterocycles. The normalized spacial score (nSPS) is 12.4. The van der Waals surface area contributed by atoms with Gasteiger partial charge >= 0.3 is 0 Å². The van der Waals surface area contributed by atoms with Gasteiger partial charge in [0.1, 0.15) is 11.6 Å². The van der Waals surface area contributed by atoms with Gasteiger partial charge in [-0.05, 0) is 52.9 Å². The van der Waals surface area contributed by atoms with Gasteiger partial charge in [0.2, 0.25) is 0 Å². The Balaban J connectivity index is 2.24. The van der Waals surface area contributed by atoms with Crippen molar-refractivity contribution in [2.24, 2.45) is 0 Å². The Hall–Kier alpha value is -1.87. The van der Waals surface area contributed by atoms with Crippen molar-refractivity contribution in [3.05, 3.63) is 63.9 Å². The Bertz CT molecular complexity index is 973. The van der Waals surface area contributed by atoms with Gasteiger partial charge in [-0.15, -0.1) is 5.10 Å². The molecule has 0 saturated heterocycles. The van der Waals surface area contributed by atoms with E-state index in [0.29, 0.717) is 5.82 Å². The minimum atomic E-state index is -1.06. The first kappa shape index (κ1) is 19.9. The Labute approximate surface area is 165 Å². The fraction of sp³-hybridized carbons (Fsp3) is 0.222. The van der Waals surface area contributed by atoms with Crippen LogP contribution in [0.1, 0.15) is 24.9 Å². The Morgan fingerprint density at radius 1 is 1.04 bits per heavy atom. The molecule has 1 aromatic heterocycles. The second kappa shape index (κ2) is 8.02. The van der Waals surface area contributed by atoms with E-state index in [-0.39, 0.29) is 26.8 Å². The van der Waals surface area contributed by atoms with Crippen molar-refractivity contribution < 1.29 is 17.6 Å². The molecule has 0 N–H and O–H groups in total. The molecule has 0 saturated carbocycles. The van der Waals surface area contributed by atoms with E-state index in [0.717, 1.165) is 36.1 Å². The molecule has 0 aliphatic carbocycles. The van der Waals surface area contributed by atoms with Crippen molar-refractivity contribution in [1.82, 2.24) is 14.8 Å². The van der Waals surface area contributed by atoms with Crippen molar-refractivity contribution in [1.29, 1.82) is 0 Å². The molecule has 0 radical (unpaired) electrons. The summed E-state index contributed by atoms with van der Waals surface area (Å²) in [6, 6.07) is 4.87. The maximum Gasteiger partial charge on any atom is 0.164 e. The number of halogens is 5. The molecule has 1 heterocycles. The van der Waals surface area contributed by atoms with E-state index < -0.39 is 23.3 Å². The molecule has 9 heteroatoms. The highest BCUT2D eigenvalue weighted by atomic mass is 79.9. The lowest BCUT2D eigenvalue weighted by molar-refractivity contribution is 0.508. The minimum Gasteiger partial charge on any atom is -0.213 e. The number of benzene rings is 2. The molecule has 0 amide bonds. The molecule has 0 aliphatic rings. The fourth-order valence-electron chi connectivity index (χ4n) is 2.53. The van der Waals surface area contributed by atoms with Crippen LogP contribution in [-0.2, 0) is 0 Å². The molecule has 27 heavy (non-hydrogen) atoms. The molecule has 3 nitrogen and oxygen atoms in total. The van der Waals surface area contributed by atoms with E-state index in [4.69, 9.17) is 0 Å². The quantitative estimate of drug-likeness (QED) is 0.342. The Morgan fingerprint density at radius 3 is 2.30 bits per heavy atom. The van der Waals surface area contributed by atoms with Gasteiger partial charge in [0.25, 0.3) is 0 Å². The molecule has 1 atom stereocenters. The average Bonchev–Trinajstić information content (AvgIpc) is 3.02. The van der Waals surface area contributed by atoms with Crippen LogP contribution in [0.2, 0.25) is 0 Å². The topological polar surface area (TPSA) is 30.7 Å². The zero-order chi connectivity index (χ0) is 19.7. The van der Waals surface area contributed by atoms with Crippen molar-refractivity contribution in [3.8, 4) is 17.1 Å². The lowest BCUT2D eigenvalue weighted by Gasteiger charge is -2.08. The second-order valence-corrected chi connectivity index (χ2v) is 8.15. The highest BCUT2D eigenvalue weighted by Crippen LogP contribution is 2.34. The van der Waals surface area contributed by atoms with Gasteiger partial charge in [-0.2, -0.15) is 11.8 Å². The molecule has 1 unspecified atom stereocenters. The lowest BCUT2D eigenvalue weighted by Crippen LogP contribution is -2.03. The maximum atomic E-state index is 13.8. The van der Waals surface area contributed by atoms with Crippen LogP contribution in [0.25, 0.3) is 17.1 Å². The van der Waals surface area contributed by atoms with Crippen LogP contribution in [-0.4, -0.2) is 20.5 Å². The van der Waals surface area contributed by atoms with E-state index in [1.165, 1.54) is 4.68 Å². The van der Waals surface area contributed by atoms with Gasteiger partial charge in [0.15, 0.2) is 23.3 Å². The summed E-state index contributed by atoms with van der Waals surface area (Å²) in [6.45, 7) is 3.87. The molecule has 0 spiro atoms. The van der Waals surface area contributed by atoms with Crippen LogP contribution >= 0.6 is 27.7 Å². The van der Waals surface area contributed by atoms with Crippen LogP contribution in [0.5, 0.6) is 0 Å². The highest BCUT2D eigenvalue weighted by Gasteiger charge is 2.21. The summed E-state index contributed by atoms with van der Waals surface area (Å²) in [7, 11) is 0. The fourth-order valence-corrected chi connectivity index (χ4v) is 3.78. The van der Waals surface area contributed by atoms with Gasteiger partial charge < -0.3 is 0 Å². The summed E-state index contributed by atoms with van der Waals surface area (Å²) in [5.74, 6) is -2.28. The number of thioether (sulfide) groups is 1. The van der Waals surface area contributed by atoms with E-state index in [1.54, 1.807) is 11.8 Å². The first-order chi connectivity index (χ1) is 12.8. The first-order valence-electron chi connectivity index (χ1n) is 8.00. The third kappa shape index (κ3) is 4.19. The number of hydrogen-bond donors (Lipinski definition) is 0. The summed E-state index contributed by atoms with van der Waals surface area (Å²) >= 11 is 4.77. The van der Waals surface area contributed by atoms with Gasteiger partial charge in [0.05, 0.1) is 10.9 Å². The minimum absolute atomic E-state index is 0.0894.